The Morgan fingerprint density at radius 3 is 2.27 bits per heavy atom. The van der Waals surface area contributed by atoms with Gasteiger partial charge in [0.2, 0.25) is 5.91 Å². The van der Waals surface area contributed by atoms with Crippen LogP contribution in [0.2, 0.25) is 5.02 Å². The number of hydrogen-bond donors (Lipinski definition) is 2. The molecule has 0 aromatic heterocycles. The molecule has 4 nitrogen and oxygen atoms in total. The first-order valence-electron chi connectivity index (χ1n) is 9.73. The molecular formula is C24H23ClN2O2S. The van der Waals surface area contributed by atoms with Crippen LogP contribution in [0.4, 0.5) is 5.69 Å². The van der Waals surface area contributed by atoms with E-state index in [1.54, 1.807) is 18.2 Å². The number of rotatable bonds is 8. The predicted molar refractivity (Wildman–Crippen MR) is 124 cm³/mol. The van der Waals surface area contributed by atoms with Crippen molar-refractivity contribution >= 4 is 40.9 Å². The van der Waals surface area contributed by atoms with Gasteiger partial charge in [-0.2, -0.15) is 0 Å². The van der Waals surface area contributed by atoms with E-state index < -0.39 is 5.25 Å². The Balaban J connectivity index is 1.78. The lowest BCUT2D eigenvalue weighted by Crippen LogP contribution is -2.24. The van der Waals surface area contributed by atoms with Crippen LogP contribution in [-0.4, -0.2) is 18.4 Å². The Kier molecular flexibility index (Phi) is 7.94. The molecule has 2 N–H and O–H groups in total. The minimum absolute atomic E-state index is 0.158. The Hall–Kier alpha value is -2.76. The lowest BCUT2D eigenvalue weighted by atomic mass is 10.1. The largest absolute Gasteiger partial charge is 0.352 e. The minimum atomic E-state index is -0.431. The number of anilines is 1. The third kappa shape index (κ3) is 5.88. The molecule has 1 atom stereocenters. The Morgan fingerprint density at radius 1 is 0.967 bits per heavy atom. The average molecular weight is 439 g/mol. The van der Waals surface area contributed by atoms with Gasteiger partial charge in [0, 0.05) is 17.1 Å². The molecule has 0 saturated heterocycles. The van der Waals surface area contributed by atoms with E-state index in [0.29, 0.717) is 22.8 Å². The summed E-state index contributed by atoms with van der Waals surface area (Å²) in [5.41, 5.74) is 1.85. The van der Waals surface area contributed by atoms with Crippen molar-refractivity contribution in [2.45, 2.75) is 23.5 Å². The summed E-state index contributed by atoms with van der Waals surface area (Å²) in [5.74, 6) is -0.379. The molecule has 1 unspecified atom stereocenters. The quantitative estimate of drug-likeness (QED) is 0.427. The van der Waals surface area contributed by atoms with Gasteiger partial charge in [0.25, 0.3) is 5.91 Å². The van der Waals surface area contributed by atoms with Gasteiger partial charge in [-0.15, -0.1) is 11.8 Å². The van der Waals surface area contributed by atoms with Gasteiger partial charge in [0.05, 0.1) is 10.6 Å². The van der Waals surface area contributed by atoms with Crippen molar-refractivity contribution in [2.75, 3.05) is 11.9 Å². The number of carbonyl (C=O) groups is 2. The zero-order valence-electron chi connectivity index (χ0n) is 16.6. The molecule has 154 valence electrons. The predicted octanol–water partition coefficient (Wildman–Crippen LogP) is 5.95. The van der Waals surface area contributed by atoms with Crippen LogP contribution in [0.1, 0.15) is 34.5 Å². The van der Waals surface area contributed by atoms with Crippen LogP contribution in [0.25, 0.3) is 0 Å². The third-order valence-electron chi connectivity index (χ3n) is 4.35. The smallest absolute Gasteiger partial charge is 0.252 e. The van der Waals surface area contributed by atoms with Crippen LogP contribution in [0.15, 0.2) is 83.8 Å². The number of thioether (sulfide) groups is 1. The second-order valence-electron chi connectivity index (χ2n) is 6.66. The molecule has 0 spiro atoms. The SMILES string of the molecule is CCCNC(=O)c1ccc(NC(=O)C(Sc2ccccc2)c2ccccc2)cc1Cl. The molecule has 3 aromatic carbocycles. The standard InChI is InChI=1S/C24H23ClN2O2S/c1-2-15-26-23(28)20-14-13-18(16-21(20)25)27-24(29)22(17-9-5-3-6-10-17)30-19-11-7-4-8-12-19/h3-14,16,22H,2,15H2,1H3,(H,26,28)(H,27,29). The molecule has 0 fully saturated rings. The van der Waals surface area contributed by atoms with Crippen LogP contribution >= 0.6 is 23.4 Å². The number of benzene rings is 3. The fourth-order valence-electron chi connectivity index (χ4n) is 2.85. The first-order chi connectivity index (χ1) is 14.6. The molecule has 0 aliphatic carbocycles. The summed E-state index contributed by atoms with van der Waals surface area (Å²) in [6.45, 7) is 2.57. The number of carbonyl (C=O) groups excluding carboxylic acids is 2. The highest BCUT2D eigenvalue weighted by atomic mass is 35.5. The van der Waals surface area contributed by atoms with Crippen LogP contribution in [0.5, 0.6) is 0 Å². The molecule has 3 rings (SSSR count). The number of amides is 2. The first-order valence-corrected chi connectivity index (χ1v) is 11.0. The molecule has 0 radical (unpaired) electrons. The highest BCUT2D eigenvalue weighted by molar-refractivity contribution is 8.00. The van der Waals surface area contributed by atoms with Crippen molar-refractivity contribution in [1.82, 2.24) is 5.32 Å². The second kappa shape index (κ2) is 10.9. The normalized spacial score (nSPS) is 11.5. The Labute approximate surface area is 186 Å². The van der Waals surface area contributed by atoms with Crippen LogP contribution < -0.4 is 10.6 Å². The van der Waals surface area contributed by atoms with E-state index in [1.807, 2.05) is 67.6 Å². The summed E-state index contributed by atoms with van der Waals surface area (Å²) >= 11 is 7.78. The van der Waals surface area contributed by atoms with Crippen molar-refractivity contribution in [1.29, 1.82) is 0 Å². The molecule has 2 amide bonds. The maximum absolute atomic E-state index is 13.1. The summed E-state index contributed by atoms with van der Waals surface area (Å²) in [7, 11) is 0. The van der Waals surface area contributed by atoms with Crippen molar-refractivity contribution in [3.05, 3.63) is 95.0 Å². The van der Waals surface area contributed by atoms with Gasteiger partial charge in [-0.1, -0.05) is 67.1 Å². The third-order valence-corrected chi connectivity index (χ3v) is 5.93. The first kappa shape index (κ1) is 21.9. The molecule has 6 heteroatoms. The summed E-state index contributed by atoms with van der Waals surface area (Å²) in [5, 5.41) is 5.61. The number of nitrogens with one attached hydrogen (secondary N) is 2. The maximum atomic E-state index is 13.1. The van der Waals surface area contributed by atoms with Gasteiger partial charge < -0.3 is 10.6 Å². The molecule has 0 aliphatic heterocycles. The van der Waals surface area contributed by atoms with E-state index in [0.717, 1.165) is 16.9 Å². The highest BCUT2D eigenvalue weighted by Gasteiger charge is 2.22. The molecule has 0 bridgehead atoms. The molecule has 30 heavy (non-hydrogen) atoms. The lowest BCUT2D eigenvalue weighted by molar-refractivity contribution is -0.115. The van der Waals surface area contributed by atoms with Crippen molar-refractivity contribution in [2.24, 2.45) is 0 Å². The molecule has 0 saturated carbocycles. The van der Waals surface area contributed by atoms with Crippen molar-refractivity contribution < 1.29 is 9.59 Å². The summed E-state index contributed by atoms with van der Waals surface area (Å²) in [6.07, 6.45) is 0.845. The van der Waals surface area contributed by atoms with Crippen molar-refractivity contribution in [3.8, 4) is 0 Å². The van der Waals surface area contributed by atoms with E-state index in [4.69, 9.17) is 11.6 Å². The van der Waals surface area contributed by atoms with Gasteiger partial charge >= 0.3 is 0 Å². The number of halogens is 1. The van der Waals surface area contributed by atoms with Gasteiger partial charge in [-0.05, 0) is 42.3 Å². The summed E-state index contributed by atoms with van der Waals surface area (Å²) in [6, 6.07) is 24.4. The number of hydrogen-bond acceptors (Lipinski definition) is 3. The molecule has 0 aliphatic rings. The molecule has 3 aromatic rings. The zero-order valence-corrected chi connectivity index (χ0v) is 18.2. The van der Waals surface area contributed by atoms with E-state index in [2.05, 4.69) is 10.6 Å². The van der Waals surface area contributed by atoms with E-state index in [9.17, 15) is 9.59 Å². The Bertz CT molecular complexity index is 997. The Morgan fingerprint density at radius 2 is 1.63 bits per heavy atom. The monoisotopic (exact) mass is 438 g/mol. The van der Waals surface area contributed by atoms with Crippen LogP contribution in [-0.2, 0) is 4.79 Å². The van der Waals surface area contributed by atoms with Gasteiger partial charge in [0.15, 0.2) is 0 Å². The minimum Gasteiger partial charge on any atom is -0.352 e. The summed E-state index contributed by atoms with van der Waals surface area (Å²) in [4.78, 5) is 26.3. The topological polar surface area (TPSA) is 58.2 Å². The maximum Gasteiger partial charge on any atom is 0.252 e. The molecular weight excluding hydrogens is 416 g/mol. The second-order valence-corrected chi connectivity index (χ2v) is 8.25. The lowest BCUT2D eigenvalue weighted by Gasteiger charge is -2.17. The highest BCUT2D eigenvalue weighted by Crippen LogP contribution is 2.36. The van der Waals surface area contributed by atoms with Crippen LogP contribution in [0.3, 0.4) is 0 Å². The zero-order chi connectivity index (χ0) is 21.3. The van der Waals surface area contributed by atoms with E-state index in [1.165, 1.54) is 11.8 Å². The van der Waals surface area contributed by atoms with Gasteiger partial charge in [0.1, 0.15) is 5.25 Å². The average Bonchev–Trinajstić information content (AvgIpc) is 2.77. The van der Waals surface area contributed by atoms with Gasteiger partial charge in [-0.25, -0.2) is 0 Å². The van der Waals surface area contributed by atoms with Gasteiger partial charge in [-0.3, -0.25) is 9.59 Å². The van der Waals surface area contributed by atoms with Crippen molar-refractivity contribution in [3.63, 3.8) is 0 Å². The van der Waals surface area contributed by atoms with E-state index >= 15 is 0 Å². The fraction of sp³-hybridized carbons (Fsp3) is 0.167. The fourth-order valence-corrected chi connectivity index (χ4v) is 4.17. The van der Waals surface area contributed by atoms with E-state index in [-0.39, 0.29) is 11.8 Å². The summed E-state index contributed by atoms with van der Waals surface area (Å²) < 4.78 is 0. The van der Waals surface area contributed by atoms with Crippen LogP contribution in [0, 0.1) is 0 Å². The molecule has 0 heterocycles.